The van der Waals surface area contributed by atoms with Gasteiger partial charge in [-0.05, 0) is 57.4 Å². The van der Waals surface area contributed by atoms with Crippen molar-refractivity contribution in [1.82, 2.24) is 15.0 Å². The van der Waals surface area contributed by atoms with Gasteiger partial charge in [0.05, 0.1) is 39.3 Å². The second-order valence-electron chi connectivity index (χ2n) is 12.0. The van der Waals surface area contributed by atoms with Crippen LogP contribution in [-0.4, -0.2) is 50.7 Å². The molecule has 0 unspecified atom stereocenters. The van der Waals surface area contributed by atoms with Gasteiger partial charge in [0.25, 0.3) is 0 Å². The average Bonchev–Trinajstić information content (AvgIpc) is 3.67. The van der Waals surface area contributed by atoms with Crippen LogP contribution in [0.1, 0.15) is 44.4 Å². The van der Waals surface area contributed by atoms with Gasteiger partial charge in [0.1, 0.15) is 29.3 Å². The number of aryl methyl sites for hydroxylation is 1. The Morgan fingerprint density at radius 3 is 2.64 bits per heavy atom. The van der Waals surface area contributed by atoms with Crippen molar-refractivity contribution in [2.24, 2.45) is 5.92 Å². The van der Waals surface area contributed by atoms with Crippen molar-refractivity contribution < 1.29 is 19.3 Å². The molecular formula is C34H37N5O4S. The molecule has 4 aromatic rings. The summed E-state index contributed by atoms with van der Waals surface area (Å²) < 4.78 is 19.9. The molecule has 0 radical (unpaired) electrons. The second-order valence-corrected chi connectivity index (χ2v) is 13.0. The Morgan fingerprint density at radius 2 is 1.82 bits per heavy atom. The van der Waals surface area contributed by atoms with E-state index in [9.17, 15) is 5.11 Å². The first kappa shape index (κ1) is 28.9. The van der Waals surface area contributed by atoms with Gasteiger partial charge in [-0.15, -0.1) is 11.3 Å². The molecule has 0 amide bonds. The van der Waals surface area contributed by atoms with Crippen LogP contribution in [0.25, 0.3) is 20.8 Å². The van der Waals surface area contributed by atoms with Crippen LogP contribution in [0.2, 0.25) is 0 Å². The van der Waals surface area contributed by atoms with E-state index in [1.807, 2.05) is 63.2 Å². The molecule has 44 heavy (non-hydrogen) atoms. The smallest absolute Gasteiger partial charge is 0.229 e. The molecular weight excluding hydrogens is 574 g/mol. The number of rotatable bonds is 9. The number of aliphatic hydroxyl groups excluding tert-OH is 1. The number of nitrogens with one attached hydrogen (secondary N) is 2. The highest BCUT2D eigenvalue weighted by Crippen LogP contribution is 2.44. The molecule has 2 aliphatic carbocycles. The van der Waals surface area contributed by atoms with E-state index in [1.165, 1.54) is 0 Å². The maximum absolute atomic E-state index is 10.2. The predicted octanol–water partition coefficient (Wildman–Crippen LogP) is 6.56. The van der Waals surface area contributed by atoms with Crippen molar-refractivity contribution in [1.29, 1.82) is 0 Å². The van der Waals surface area contributed by atoms with Crippen LogP contribution in [0.5, 0.6) is 0 Å². The van der Waals surface area contributed by atoms with Gasteiger partial charge in [-0.2, -0.15) is 4.98 Å². The minimum absolute atomic E-state index is 0.0331. The maximum atomic E-state index is 10.2. The Balaban J connectivity index is 1.24. The van der Waals surface area contributed by atoms with Crippen molar-refractivity contribution in [2.45, 2.75) is 70.7 Å². The molecule has 0 spiro atoms. The van der Waals surface area contributed by atoms with Crippen molar-refractivity contribution >= 4 is 33.3 Å². The van der Waals surface area contributed by atoms with Crippen LogP contribution in [0.15, 0.2) is 78.2 Å². The minimum Gasteiger partial charge on any atom is -0.491 e. The number of aromatic nitrogens is 3. The topological polar surface area (TPSA) is 111 Å². The third-order valence-corrected chi connectivity index (χ3v) is 9.42. The summed E-state index contributed by atoms with van der Waals surface area (Å²) in [5, 5.41) is 18.2. The van der Waals surface area contributed by atoms with Crippen molar-refractivity contribution in [2.75, 3.05) is 17.2 Å². The van der Waals surface area contributed by atoms with Gasteiger partial charge in [0.15, 0.2) is 5.79 Å². The quantitative estimate of drug-likeness (QED) is 0.194. The predicted molar refractivity (Wildman–Crippen MR) is 172 cm³/mol. The molecule has 4 atom stereocenters. The molecule has 2 aromatic carbocycles. The number of hydrogen-bond acceptors (Lipinski definition) is 10. The van der Waals surface area contributed by atoms with E-state index >= 15 is 0 Å². The highest BCUT2D eigenvalue weighted by molar-refractivity contribution is 7.21. The Hall–Kier alpha value is -3.83. The fraction of sp³-hybridized carbons (Fsp3) is 0.382. The zero-order chi connectivity index (χ0) is 30.3. The first-order valence-corrected chi connectivity index (χ1v) is 16.0. The Kier molecular flexibility index (Phi) is 7.84. The van der Waals surface area contributed by atoms with Crippen LogP contribution in [0.3, 0.4) is 0 Å². The van der Waals surface area contributed by atoms with Crippen LogP contribution in [0, 0.1) is 12.8 Å². The number of thiazole rings is 1. The summed E-state index contributed by atoms with van der Waals surface area (Å²) in [6, 6.07) is 18.2. The number of aliphatic hydroxyl groups is 1. The summed E-state index contributed by atoms with van der Waals surface area (Å²) in [4.78, 5) is 14.9. The molecule has 10 heteroatoms. The molecule has 3 aliphatic rings. The van der Waals surface area contributed by atoms with Crippen molar-refractivity contribution in [3.63, 3.8) is 0 Å². The highest BCUT2D eigenvalue weighted by atomic mass is 32.1. The number of ether oxygens (including phenoxy) is 3. The summed E-state index contributed by atoms with van der Waals surface area (Å²) in [6.45, 7) is 6.36. The van der Waals surface area contributed by atoms with Gasteiger partial charge < -0.3 is 30.0 Å². The van der Waals surface area contributed by atoms with Gasteiger partial charge in [-0.25, -0.2) is 9.97 Å². The number of para-hydroxylation sites is 1. The van der Waals surface area contributed by atoms with E-state index in [1.54, 1.807) is 11.3 Å². The van der Waals surface area contributed by atoms with Crippen molar-refractivity contribution in [3.05, 3.63) is 89.5 Å². The van der Waals surface area contributed by atoms with Gasteiger partial charge in [-0.3, -0.25) is 0 Å². The molecule has 7 rings (SSSR count). The fourth-order valence-electron chi connectivity index (χ4n) is 6.32. The fourth-order valence-corrected chi connectivity index (χ4v) is 7.38. The molecule has 1 saturated carbocycles. The molecule has 228 valence electrons. The zero-order valence-electron chi connectivity index (χ0n) is 25.1. The van der Waals surface area contributed by atoms with E-state index in [0.717, 1.165) is 56.3 Å². The summed E-state index contributed by atoms with van der Waals surface area (Å²) in [5.74, 6) is 1.26. The molecule has 2 aromatic heterocycles. The van der Waals surface area contributed by atoms with Crippen LogP contribution in [-0.2, 0) is 20.8 Å². The maximum Gasteiger partial charge on any atom is 0.229 e. The SMILES string of the molecule is Cc1nc(NC2=C(OCc3ccccc3)CCC=C2)nc(N[C@@H]2C[C@H](CO)[C@H]3OC(C)(C)O[C@H]32)c1-c1nc2ccccc2s1. The van der Waals surface area contributed by atoms with E-state index in [-0.39, 0.29) is 30.8 Å². The molecule has 0 bridgehead atoms. The first-order valence-electron chi connectivity index (χ1n) is 15.2. The number of fused-ring (bicyclic) bond motifs is 2. The molecule has 2 fully saturated rings. The van der Waals surface area contributed by atoms with Gasteiger partial charge in [0.2, 0.25) is 5.95 Å². The second kappa shape index (κ2) is 11.9. The number of nitrogens with zero attached hydrogens (tertiary/aromatic N) is 3. The van der Waals surface area contributed by atoms with E-state index in [4.69, 9.17) is 29.2 Å². The lowest BCUT2D eigenvalue weighted by molar-refractivity contribution is -0.158. The van der Waals surface area contributed by atoms with Gasteiger partial charge in [0, 0.05) is 18.9 Å². The first-order chi connectivity index (χ1) is 21.4. The number of benzene rings is 2. The third kappa shape index (κ3) is 5.82. The molecule has 1 aliphatic heterocycles. The van der Waals surface area contributed by atoms with E-state index < -0.39 is 5.79 Å². The third-order valence-electron chi connectivity index (χ3n) is 8.36. The molecule has 1 saturated heterocycles. The molecule has 3 N–H and O–H groups in total. The average molecular weight is 612 g/mol. The Labute approximate surface area is 261 Å². The highest BCUT2D eigenvalue weighted by Gasteiger charge is 2.54. The number of allylic oxidation sites excluding steroid dienone is 3. The van der Waals surface area contributed by atoms with Gasteiger partial charge >= 0.3 is 0 Å². The Bertz CT molecular complexity index is 1690. The lowest BCUT2D eigenvalue weighted by Gasteiger charge is -2.25. The van der Waals surface area contributed by atoms with Crippen LogP contribution < -0.4 is 10.6 Å². The normalized spacial score (nSPS) is 24.1. The van der Waals surface area contributed by atoms with E-state index in [0.29, 0.717) is 24.8 Å². The lowest BCUT2D eigenvalue weighted by Crippen LogP contribution is -2.35. The van der Waals surface area contributed by atoms with E-state index in [2.05, 4.69) is 34.9 Å². The zero-order valence-corrected chi connectivity index (χ0v) is 25.9. The summed E-state index contributed by atoms with van der Waals surface area (Å²) >= 11 is 1.62. The van der Waals surface area contributed by atoms with Gasteiger partial charge in [-0.1, -0.05) is 48.5 Å². The summed E-state index contributed by atoms with van der Waals surface area (Å²) in [6.07, 6.45) is 6.15. The summed E-state index contributed by atoms with van der Waals surface area (Å²) in [7, 11) is 0. The summed E-state index contributed by atoms with van der Waals surface area (Å²) in [5.41, 5.74) is 4.56. The Morgan fingerprint density at radius 1 is 1.02 bits per heavy atom. The van der Waals surface area contributed by atoms with Crippen molar-refractivity contribution in [3.8, 4) is 10.6 Å². The van der Waals surface area contributed by atoms with Crippen LogP contribution in [0.4, 0.5) is 11.8 Å². The number of hydrogen-bond donors (Lipinski definition) is 3. The monoisotopic (exact) mass is 611 g/mol. The minimum atomic E-state index is -0.719. The number of anilines is 2. The molecule has 3 heterocycles. The lowest BCUT2D eigenvalue weighted by atomic mass is 10.1. The van der Waals surface area contributed by atoms with Crippen LogP contribution >= 0.6 is 11.3 Å². The standard InChI is InChI=1S/C34H37N5O4S/c1-20-28(32-37-24-14-8-10-16-27(24)44-32)31(36-25-17-22(18-40)29-30(25)43-34(2,3)42-29)39-33(35-20)38-23-13-7-9-15-26(23)41-19-21-11-5-4-6-12-21/h4-8,10-14,16,22,25,29-30,40H,9,15,17-19H2,1-3H3,(H2,35,36,38,39)/t22-,25-,29-,30+/m1/s1. The largest absolute Gasteiger partial charge is 0.491 e. The molecule has 9 nitrogen and oxygen atoms in total.